The summed E-state index contributed by atoms with van der Waals surface area (Å²) in [4.78, 5) is 12.6. The van der Waals surface area contributed by atoms with Crippen molar-refractivity contribution in [3.8, 4) is 5.75 Å². The quantitative estimate of drug-likeness (QED) is 0.898. The first-order valence-electron chi connectivity index (χ1n) is 8.34. The van der Waals surface area contributed by atoms with E-state index in [0.29, 0.717) is 12.5 Å². The van der Waals surface area contributed by atoms with E-state index in [-0.39, 0.29) is 17.2 Å². The van der Waals surface area contributed by atoms with Gasteiger partial charge in [0.15, 0.2) is 0 Å². The van der Waals surface area contributed by atoms with Gasteiger partial charge in [-0.2, -0.15) is 0 Å². The second-order valence-corrected chi connectivity index (χ2v) is 7.22. The van der Waals surface area contributed by atoms with Crippen molar-refractivity contribution in [2.45, 2.75) is 46.5 Å². The molecule has 2 rings (SSSR count). The number of hydrogen-bond acceptors (Lipinski definition) is 2. The molecular weight excluding hydrogens is 274 g/mol. The standard InChI is InChI=1S/C19H29NO2/c1-14-6-5-12-19(2,3)17(14)18(21)20-13-11-15-7-9-16(22-4)10-8-15/h7-10,14,17H,5-6,11-13H2,1-4H3,(H,20,21)/t14-,17?/m0/s1. The molecule has 1 aliphatic rings. The summed E-state index contributed by atoms with van der Waals surface area (Å²) in [5.41, 5.74) is 1.33. The van der Waals surface area contributed by atoms with Crippen LogP contribution in [0.2, 0.25) is 0 Å². The third-order valence-electron chi connectivity index (χ3n) is 5.05. The minimum atomic E-state index is 0.113. The SMILES string of the molecule is COc1ccc(CCNC(=O)C2[C@@H](C)CCCC2(C)C)cc1. The van der Waals surface area contributed by atoms with Gasteiger partial charge in [0.05, 0.1) is 7.11 Å². The summed E-state index contributed by atoms with van der Waals surface area (Å²) in [6, 6.07) is 8.03. The Morgan fingerprint density at radius 3 is 2.59 bits per heavy atom. The van der Waals surface area contributed by atoms with Crippen LogP contribution in [0.5, 0.6) is 5.75 Å². The number of methoxy groups -OCH3 is 1. The highest BCUT2D eigenvalue weighted by molar-refractivity contribution is 5.79. The van der Waals surface area contributed by atoms with Crippen molar-refractivity contribution in [3.63, 3.8) is 0 Å². The van der Waals surface area contributed by atoms with Crippen molar-refractivity contribution in [2.24, 2.45) is 17.3 Å². The number of amides is 1. The molecule has 1 N–H and O–H groups in total. The van der Waals surface area contributed by atoms with Gasteiger partial charge < -0.3 is 10.1 Å². The van der Waals surface area contributed by atoms with Crippen LogP contribution in [0.3, 0.4) is 0 Å². The Balaban J connectivity index is 1.86. The summed E-state index contributed by atoms with van der Waals surface area (Å²) in [5.74, 6) is 1.71. The molecule has 2 atom stereocenters. The first kappa shape index (κ1) is 16.9. The van der Waals surface area contributed by atoms with Crippen LogP contribution < -0.4 is 10.1 Å². The van der Waals surface area contributed by atoms with Crippen LogP contribution in [0.1, 0.15) is 45.6 Å². The molecule has 0 heterocycles. The molecule has 1 aromatic carbocycles. The van der Waals surface area contributed by atoms with Crippen molar-refractivity contribution >= 4 is 5.91 Å². The van der Waals surface area contributed by atoms with Crippen molar-refractivity contribution < 1.29 is 9.53 Å². The highest BCUT2D eigenvalue weighted by atomic mass is 16.5. The van der Waals surface area contributed by atoms with Gasteiger partial charge in [0, 0.05) is 12.5 Å². The molecule has 0 spiro atoms. The van der Waals surface area contributed by atoms with Crippen molar-refractivity contribution in [1.29, 1.82) is 0 Å². The second kappa shape index (κ2) is 7.17. The normalized spacial score (nSPS) is 23.8. The average molecular weight is 303 g/mol. The Morgan fingerprint density at radius 1 is 1.32 bits per heavy atom. The predicted octanol–water partition coefficient (Wildman–Crippen LogP) is 3.82. The molecule has 1 fully saturated rings. The Morgan fingerprint density at radius 2 is 2.00 bits per heavy atom. The molecule has 3 heteroatoms. The molecule has 0 bridgehead atoms. The summed E-state index contributed by atoms with van der Waals surface area (Å²) in [5, 5.41) is 3.15. The van der Waals surface area contributed by atoms with Crippen LogP contribution in [0.4, 0.5) is 0 Å². The number of benzene rings is 1. The summed E-state index contributed by atoms with van der Waals surface area (Å²) < 4.78 is 5.16. The molecule has 22 heavy (non-hydrogen) atoms. The largest absolute Gasteiger partial charge is 0.497 e. The molecule has 0 aliphatic heterocycles. The fraction of sp³-hybridized carbons (Fsp3) is 0.632. The molecule has 0 radical (unpaired) electrons. The van der Waals surface area contributed by atoms with Crippen molar-refractivity contribution in [2.75, 3.05) is 13.7 Å². The van der Waals surface area contributed by atoms with Gasteiger partial charge in [-0.3, -0.25) is 4.79 Å². The van der Waals surface area contributed by atoms with E-state index in [9.17, 15) is 4.79 Å². The van der Waals surface area contributed by atoms with E-state index < -0.39 is 0 Å². The highest BCUT2D eigenvalue weighted by Gasteiger charge is 2.41. The predicted molar refractivity (Wildman–Crippen MR) is 90.0 cm³/mol. The summed E-state index contributed by atoms with van der Waals surface area (Å²) in [7, 11) is 1.67. The number of nitrogens with one attached hydrogen (secondary N) is 1. The fourth-order valence-corrected chi connectivity index (χ4v) is 3.82. The molecule has 0 saturated heterocycles. The number of ether oxygens (including phenoxy) is 1. The minimum Gasteiger partial charge on any atom is -0.497 e. The van der Waals surface area contributed by atoms with Gasteiger partial charge in [0.2, 0.25) is 5.91 Å². The number of carbonyl (C=O) groups excluding carboxylic acids is 1. The molecule has 3 nitrogen and oxygen atoms in total. The maximum atomic E-state index is 12.6. The third kappa shape index (κ3) is 4.02. The zero-order valence-electron chi connectivity index (χ0n) is 14.3. The topological polar surface area (TPSA) is 38.3 Å². The average Bonchev–Trinajstić information content (AvgIpc) is 2.47. The van der Waals surface area contributed by atoms with Crippen LogP contribution in [0.15, 0.2) is 24.3 Å². The Bertz CT molecular complexity index is 493. The van der Waals surface area contributed by atoms with Gasteiger partial charge in [0.1, 0.15) is 5.75 Å². The van der Waals surface area contributed by atoms with Crippen LogP contribution in [0.25, 0.3) is 0 Å². The Kier molecular flexibility index (Phi) is 5.49. The Hall–Kier alpha value is -1.51. The smallest absolute Gasteiger partial charge is 0.223 e. The molecule has 0 aromatic heterocycles. The molecule has 1 aromatic rings. The molecule has 1 unspecified atom stereocenters. The van der Waals surface area contributed by atoms with Gasteiger partial charge in [-0.1, -0.05) is 39.3 Å². The van der Waals surface area contributed by atoms with Gasteiger partial charge in [0.25, 0.3) is 0 Å². The van der Waals surface area contributed by atoms with E-state index in [1.54, 1.807) is 7.11 Å². The summed E-state index contributed by atoms with van der Waals surface area (Å²) in [6.45, 7) is 7.38. The first-order chi connectivity index (χ1) is 10.4. The van der Waals surface area contributed by atoms with Gasteiger partial charge in [-0.25, -0.2) is 0 Å². The van der Waals surface area contributed by atoms with E-state index in [1.807, 2.05) is 12.1 Å². The molecular formula is C19H29NO2. The van der Waals surface area contributed by atoms with Crippen molar-refractivity contribution in [3.05, 3.63) is 29.8 Å². The van der Waals surface area contributed by atoms with E-state index in [2.05, 4.69) is 38.2 Å². The maximum absolute atomic E-state index is 12.6. The first-order valence-corrected chi connectivity index (χ1v) is 8.34. The van der Waals surface area contributed by atoms with E-state index in [4.69, 9.17) is 4.74 Å². The lowest BCUT2D eigenvalue weighted by Gasteiger charge is -2.41. The zero-order chi connectivity index (χ0) is 16.2. The van der Waals surface area contributed by atoms with Gasteiger partial charge in [-0.05, 0) is 48.3 Å². The second-order valence-electron chi connectivity index (χ2n) is 7.22. The van der Waals surface area contributed by atoms with E-state index >= 15 is 0 Å². The number of rotatable bonds is 5. The maximum Gasteiger partial charge on any atom is 0.223 e. The van der Waals surface area contributed by atoms with Gasteiger partial charge in [-0.15, -0.1) is 0 Å². The minimum absolute atomic E-state index is 0.113. The van der Waals surface area contributed by atoms with Crippen LogP contribution in [0, 0.1) is 17.3 Å². The molecule has 1 aliphatic carbocycles. The lowest BCUT2D eigenvalue weighted by atomic mass is 9.64. The molecule has 122 valence electrons. The van der Waals surface area contributed by atoms with E-state index in [1.165, 1.54) is 18.4 Å². The Labute approximate surface area is 134 Å². The van der Waals surface area contributed by atoms with Crippen molar-refractivity contribution in [1.82, 2.24) is 5.32 Å². The highest BCUT2D eigenvalue weighted by Crippen LogP contribution is 2.43. The molecule has 1 amide bonds. The lowest BCUT2D eigenvalue weighted by molar-refractivity contribution is -0.132. The summed E-state index contributed by atoms with van der Waals surface area (Å²) in [6.07, 6.45) is 4.41. The zero-order valence-corrected chi connectivity index (χ0v) is 14.3. The van der Waals surface area contributed by atoms with Gasteiger partial charge >= 0.3 is 0 Å². The number of hydrogen-bond donors (Lipinski definition) is 1. The monoisotopic (exact) mass is 303 g/mol. The van der Waals surface area contributed by atoms with Crippen LogP contribution in [-0.2, 0) is 11.2 Å². The van der Waals surface area contributed by atoms with Crippen LogP contribution >= 0.6 is 0 Å². The number of carbonyl (C=O) groups is 1. The fourth-order valence-electron chi connectivity index (χ4n) is 3.82. The third-order valence-corrected chi connectivity index (χ3v) is 5.05. The molecule has 1 saturated carbocycles. The summed E-state index contributed by atoms with van der Waals surface area (Å²) >= 11 is 0. The van der Waals surface area contributed by atoms with E-state index in [0.717, 1.165) is 18.6 Å². The lowest BCUT2D eigenvalue weighted by Crippen LogP contribution is -2.45. The van der Waals surface area contributed by atoms with Crippen LogP contribution in [-0.4, -0.2) is 19.6 Å².